The third-order valence-corrected chi connectivity index (χ3v) is 4.54. The summed E-state index contributed by atoms with van der Waals surface area (Å²) in [4.78, 5) is 0. The zero-order valence-electron chi connectivity index (χ0n) is 12.6. The second-order valence-corrected chi connectivity index (χ2v) is 6.57. The van der Waals surface area contributed by atoms with Gasteiger partial charge < -0.3 is 0 Å². The Bertz CT molecular complexity index is 606. The molecule has 0 bridgehead atoms. The van der Waals surface area contributed by atoms with Crippen molar-refractivity contribution in [1.29, 1.82) is 0 Å². The molecule has 134 valence electrons. The molecule has 0 radical (unpaired) electrons. The Kier molecular flexibility index (Phi) is 6.55. The molecular formula is C16H12F6O2Zr. The number of benzene rings is 2. The van der Waals surface area contributed by atoms with Crippen LogP contribution in [0.15, 0.2) is 48.5 Å². The van der Waals surface area contributed by atoms with Crippen LogP contribution in [0.4, 0.5) is 26.3 Å². The van der Waals surface area contributed by atoms with Crippen LogP contribution in [0.1, 0.15) is 11.1 Å². The van der Waals surface area contributed by atoms with Crippen LogP contribution in [0, 0.1) is 0 Å². The van der Waals surface area contributed by atoms with Gasteiger partial charge in [0.1, 0.15) is 0 Å². The van der Waals surface area contributed by atoms with Crippen molar-refractivity contribution in [2.75, 3.05) is 0 Å². The molecule has 2 rings (SSSR count). The van der Waals surface area contributed by atoms with Gasteiger partial charge in [-0.05, 0) is 0 Å². The van der Waals surface area contributed by atoms with Crippen molar-refractivity contribution < 1.29 is 56.1 Å². The van der Waals surface area contributed by atoms with Gasteiger partial charge in [-0.15, -0.1) is 0 Å². The van der Waals surface area contributed by atoms with E-state index in [-0.39, 0.29) is 11.1 Å². The van der Waals surface area contributed by atoms with Gasteiger partial charge in [0, 0.05) is 0 Å². The summed E-state index contributed by atoms with van der Waals surface area (Å²) in [7, 11) is 0. The molecule has 0 aliphatic carbocycles. The quantitative estimate of drug-likeness (QED) is 0.569. The molecule has 0 unspecified atom stereocenters. The molecule has 9 heteroatoms. The molecule has 2 aromatic rings. The van der Waals surface area contributed by atoms with Gasteiger partial charge >= 0.3 is 152 Å². The van der Waals surface area contributed by atoms with Crippen LogP contribution in [0.25, 0.3) is 0 Å². The maximum atomic E-state index is 12.2. The minimum atomic E-state index is -4.26. The van der Waals surface area contributed by atoms with E-state index in [1.54, 1.807) is 0 Å². The van der Waals surface area contributed by atoms with Crippen LogP contribution in [0.2, 0.25) is 0 Å². The standard InChI is InChI=1S/2C8H7F3O.Zr/c2*9-8(10,11)5-6-1-3-7(12)4-2-6;/h2*1-4,12H,5H2;/q;;+2/p-2. The molecule has 0 aliphatic heterocycles. The summed E-state index contributed by atoms with van der Waals surface area (Å²) < 4.78 is 84.3. The molecule has 0 spiro atoms. The van der Waals surface area contributed by atoms with Crippen molar-refractivity contribution in [3.63, 3.8) is 0 Å². The molecule has 25 heavy (non-hydrogen) atoms. The molecule has 0 N–H and O–H groups in total. The number of hydrogen-bond donors (Lipinski definition) is 0. The molecule has 0 fully saturated rings. The summed E-state index contributed by atoms with van der Waals surface area (Å²) in [6.45, 7) is 0. The third kappa shape index (κ3) is 7.95. The number of alkyl halides is 6. The summed E-state index contributed by atoms with van der Waals surface area (Å²) in [5, 5.41) is 0. The molecule has 0 aliphatic rings. The fourth-order valence-corrected chi connectivity index (χ4v) is 3.18. The first-order valence-corrected chi connectivity index (χ1v) is 9.01. The molecule has 0 amide bonds. The van der Waals surface area contributed by atoms with Crippen molar-refractivity contribution in [3.05, 3.63) is 59.7 Å². The molecule has 2 nitrogen and oxygen atoms in total. The molecule has 0 atom stereocenters. The molecule has 0 saturated heterocycles. The van der Waals surface area contributed by atoms with Crippen molar-refractivity contribution >= 4 is 0 Å². The molecule has 2 aromatic carbocycles. The Morgan fingerprint density at radius 2 is 0.920 bits per heavy atom. The monoisotopic (exact) mass is 440 g/mol. The van der Waals surface area contributed by atoms with E-state index in [9.17, 15) is 26.3 Å². The first-order valence-electron chi connectivity index (χ1n) is 7.01. The van der Waals surface area contributed by atoms with Crippen molar-refractivity contribution in [1.82, 2.24) is 0 Å². The Morgan fingerprint density at radius 1 is 0.600 bits per heavy atom. The average Bonchev–Trinajstić information content (AvgIpc) is 2.48. The normalized spacial score (nSPS) is 11.9. The summed E-state index contributed by atoms with van der Waals surface area (Å²) >= 11 is -1.81. The topological polar surface area (TPSA) is 18.5 Å². The fourth-order valence-electron chi connectivity index (χ4n) is 1.93. The van der Waals surface area contributed by atoms with Gasteiger partial charge in [0.2, 0.25) is 0 Å². The van der Waals surface area contributed by atoms with Gasteiger partial charge in [-0.2, -0.15) is 0 Å². The summed E-state index contributed by atoms with van der Waals surface area (Å²) in [6.07, 6.45) is -10.5. The Morgan fingerprint density at radius 3 is 1.20 bits per heavy atom. The van der Waals surface area contributed by atoms with Gasteiger partial charge in [-0.3, -0.25) is 0 Å². The van der Waals surface area contributed by atoms with E-state index >= 15 is 0 Å². The van der Waals surface area contributed by atoms with Crippen LogP contribution >= 0.6 is 0 Å². The van der Waals surface area contributed by atoms with Crippen LogP contribution in [-0.2, 0) is 37.0 Å². The summed E-state index contributed by atoms with van der Waals surface area (Å²) in [5.74, 6) is 0.789. The van der Waals surface area contributed by atoms with Crippen LogP contribution in [0.3, 0.4) is 0 Å². The van der Waals surface area contributed by atoms with E-state index in [1.807, 2.05) is 0 Å². The van der Waals surface area contributed by atoms with Crippen LogP contribution < -0.4 is 5.63 Å². The number of rotatable bonds is 6. The number of hydrogen-bond acceptors (Lipinski definition) is 2. The van der Waals surface area contributed by atoms with Crippen molar-refractivity contribution in [3.8, 4) is 11.5 Å². The molecule has 0 saturated carbocycles. The minimum absolute atomic E-state index is 0.131. The average molecular weight is 441 g/mol. The zero-order valence-corrected chi connectivity index (χ0v) is 15.1. The van der Waals surface area contributed by atoms with Gasteiger partial charge in [0.25, 0.3) is 0 Å². The maximum absolute atomic E-state index is 12.2. The SMILES string of the molecule is FC(F)(F)Cc1ccc([O][Zr][O]c2ccc(CC(F)(F)F)cc2)cc1. The van der Waals surface area contributed by atoms with E-state index in [4.69, 9.17) is 5.63 Å². The Labute approximate surface area is 152 Å². The van der Waals surface area contributed by atoms with Crippen molar-refractivity contribution in [2.24, 2.45) is 0 Å². The van der Waals surface area contributed by atoms with E-state index < -0.39 is 49.3 Å². The second kappa shape index (κ2) is 8.25. The van der Waals surface area contributed by atoms with E-state index in [2.05, 4.69) is 0 Å². The first kappa shape index (κ1) is 19.8. The number of halogens is 6. The van der Waals surface area contributed by atoms with Gasteiger partial charge in [0.15, 0.2) is 0 Å². The van der Waals surface area contributed by atoms with Crippen molar-refractivity contribution in [2.45, 2.75) is 25.2 Å². The van der Waals surface area contributed by atoms with Gasteiger partial charge in [-0.1, -0.05) is 0 Å². The predicted molar refractivity (Wildman–Crippen MR) is 73.7 cm³/mol. The Balaban J connectivity index is 1.80. The molecule has 0 aromatic heterocycles. The molecule has 0 heterocycles. The van der Waals surface area contributed by atoms with Crippen LogP contribution in [-0.4, -0.2) is 12.4 Å². The molecular weight excluding hydrogens is 429 g/mol. The fraction of sp³-hybridized carbons (Fsp3) is 0.250. The van der Waals surface area contributed by atoms with E-state index in [0.29, 0.717) is 11.5 Å². The van der Waals surface area contributed by atoms with Gasteiger partial charge in [-0.25, -0.2) is 0 Å². The Hall–Kier alpha value is -1.50. The zero-order chi connectivity index (χ0) is 18.5. The summed E-state index contributed by atoms with van der Waals surface area (Å²) in [5.41, 5.74) is 0.262. The van der Waals surface area contributed by atoms with E-state index in [1.165, 1.54) is 48.5 Å². The predicted octanol–water partition coefficient (Wildman–Crippen LogP) is 5.27. The van der Waals surface area contributed by atoms with Crippen LogP contribution in [0.5, 0.6) is 11.5 Å². The second-order valence-electron chi connectivity index (χ2n) is 5.16. The summed E-state index contributed by atoms with van der Waals surface area (Å²) in [6, 6.07) is 11.0. The van der Waals surface area contributed by atoms with E-state index in [0.717, 1.165) is 0 Å². The van der Waals surface area contributed by atoms with Gasteiger partial charge in [0.05, 0.1) is 0 Å². The third-order valence-electron chi connectivity index (χ3n) is 2.97. The first-order chi connectivity index (χ1) is 11.6.